The van der Waals surface area contributed by atoms with Crippen LogP contribution >= 0.6 is 0 Å². The molecule has 30 heavy (non-hydrogen) atoms. The van der Waals surface area contributed by atoms with Crippen molar-refractivity contribution in [3.63, 3.8) is 0 Å². The van der Waals surface area contributed by atoms with Crippen LogP contribution in [0.1, 0.15) is 28.4 Å². The van der Waals surface area contributed by atoms with Crippen LogP contribution in [0.2, 0.25) is 0 Å². The van der Waals surface area contributed by atoms with Gasteiger partial charge < -0.3 is 21.1 Å². The monoisotopic (exact) mass is 410 g/mol. The summed E-state index contributed by atoms with van der Waals surface area (Å²) < 4.78 is 5.24. The van der Waals surface area contributed by atoms with Crippen LogP contribution in [0, 0.1) is 0 Å². The highest BCUT2D eigenvalue weighted by Gasteiger charge is 2.49. The molecule has 1 atom stereocenters. The van der Waals surface area contributed by atoms with Crippen LogP contribution in [0.5, 0.6) is 5.75 Å². The summed E-state index contributed by atoms with van der Waals surface area (Å²) >= 11 is 0. The molecule has 4 N–H and O–H groups in total. The number of nitrogens with zero attached hydrogens (tertiary/aromatic N) is 1. The highest BCUT2D eigenvalue weighted by molar-refractivity contribution is 6.09. The maximum absolute atomic E-state index is 13.0. The van der Waals surface area contributed by atoms with Crippen LogP contribution < -0.4 is 21.1 Å². The first-order chi connectivity index (χ1) is 14.3. The van der Waals surface area contributed by atoms with Gasteiger partial charge in [0.25, 0.3) is 5.91 Å². The van der Waals surface area contributed by atoms with Crippen molar-refractivity contribution in [1.29, 1.82) is 0 Å². The molecule has 1 saturated heterocycles. The second-order valence-corrected chi connectivity index (χ2v) is 6.98. The zero-order valence-corrected chi connectivity index (χ0v) is 16.6. The van der Waals surface area contributed by atoms with Gasteiger partial charge in [-0.1, -0.05) is 30.3 Å². The SMILES string of the molecule is COc1ccccc1CNC(=O)CN1C(=O)NC(C)(c2cccc(C(N)=O)c2)C1=O. The Kier molecular flexibility index (Phi) is 5.72. The average Bonchev–Trinajstić information content (AvgIpc) is 2.96. The molecular weight excluding hydrogens is 388 g/mol. The topological polar surface area (TPSA) is 131 Å². The predicted octanol–water partition coefficient (Wildman–Crippen LogP) is 0.877. The van der Waals surface area contributed by atoms with Gasteiger partial charge in [0, 0.05) is 17.7 Å². The van der Waals surface area contributed by atoms with E-state index in [1.54, 1.807) is 24.3 Å². The summed E-state index contributed by atoms with van der Waals surface area (Å²) in [5.41, 5.74) is 5.26. The van der Waals surface area contributed by atoms with Crippen LogP contribution in [0.4, 0.5) is 4.79 Å². The lowest BCUT2D eigenvalue weighted by molar-refractivity contribution is -0.134. The summed E-state index contributed by atoms with van der Waals surface area (Å²) in [6.45, 7) is 1.26. The first kappa shape index (κ1) is 20.8. The fourth-order valence-electron chi connectivity index (χ4n) is 3.26. The number of carbonyl (C=O) groups excluding carboxylic acids is 4. The van der Waals surface area contributed by atoms with Crippen molar-refractivity contribution in [2.24, 2.45) is 5.73 Å². The van der Waals surface area contributed by atoms with Crippen molar-refractivity contribution in [2.75, 3.05) is 13.7 Å². The van der Waals surface area contributed by atoms with Crippen molar-refractivity contribution < 1.29 is 23.9 Å². The number of carbonyl (C=O) groups is 4. The quantitative estimate of drug-likeness (QED) is 0.583. The Morgan fingerprint density at radius 2 is 1.90 bits per heavy atom. The molecule has 1 fully saturated rings. The molecule has 5 amide bonds. The number of hydrogen-bond acceptors (Lipinski definition) is 5. The molecule has 0 spiro atoms. The molecule has 1 unspecified atom stereocenters. The van der Waals surface area contributed by atoms with E-state index in [9.17, 15) is 19.2 Å². The zero-order chi connectivity index (χ0) is 21.9. The van der Waals surface area contributed by atoms with Crippen molar-refractivity contribution in [3.8, 4) is 5.75 Å². The molecule has 1 heterocycles. The molecule has 0 aliphatic carbocycles. The minimum Gasteiger partial charge on any atom is -0.496 e. The van der Waals surface area contributed by atoms with Crippen molar-refractivity contribution >= 4 is 23.8 Å². The molecule has 0 bridgehead atoms. The molecule has 1 aliphatic rings. The summed E-state index contributed by atoms with van der Waals surface area (Å²) in [4.78, 5) is 50.0. The minimum atomic E-state index is -1.41. The Balaban J connectivity index is 1.71. The van der Waals surface area contributed by atoms with E-state index in [4.69, 9.17) is 10.5 Å². The number of nitrogens with two attached hydrogens (primary N) is 1. The van der Waals surface area contributed by atoms with E-state index in [-0.39, 0.29) is 12.1 Å². The van der Waals surface area contributed by atoms with E-state index in [1.807, 2.05) is 12.1 Å². The molecule has 2 aromatic rings. The highest BCUT2D eigenvalue weighted by Crippen LogP contribution is 2.29. The van der Waals surface area contributed by atoms with Gasteiger partial charge in [0.05, 0.1) is 7.11 Å². The number of benzene rings is 2. The molecule has 9 nitrogen and oxygen atoms in total. The number of primary amides is 1. The van der Waals surface area contributed by atoms with Gasteiger partial charge in [-0.3, -0.25) is 19.3 Å². The molecule has 0 saturated carbocycles. The minimum absolute atomic E-state index is 0.185. The lowest BCUT2D eigenvalue weighted by Gasteiger charge is -2.22. The number of nitrogens with one attached hydrogen (secondary N) is 2. The van der Waals surface area contributed by atoms with E-state index in [0.29, 0.717) is 11.3 Å². The maximum atomic E-state index is 13.0. The number of methoxy groups -OCH3 is 1. The Labute approximate surface area is 173 Å². The number of rotatable bonds is 7. The van der Waals surface area contributed by atoms with Crippen molar-refractivity contribution in [2.45, 2.75) is 19.0 Å². The van der Waals surface area contributed by atoms with E-state index < -0.39 is 35.8 Å². The first-order valence-electron chi connectivity index (χ1n) is 9.19. The van der Waals surface area contributed by atoms with E-state index in [0.717, 1.165) is 10.5 Å². The highest BCUT2D eigenvalue weighted by atomic mass is 16.5. The standard InChI is InChI=1S/C21H22N4O5/c1-21(15-8-5-7-13(10-15)18(22)27)19(28)25(20(29)24-21)12-17(26)23-11-14-6-3-4-9-16(14)30-2/h3-10H,11-12H2,1-2H3,(H2,22,27)(H,23,26)(H,24,29). The fourth-order valence-corrected chi connectivity index (χ4v) is 3.26. The summed E-state index contributed by atoms with van der Waals surface area (Å²) in [6.07, 6.45) is 0. The van der Waals surface area contributed by atoms with E-state index in [2.05, 4.69) is 10.6 Å². The second kappa shape index (κ2) is 8.24. The summed E-state index contributed by atoms with van der Waals surface area (Å²) in [5.74, 6) is -1.12. The molecule has 1 aliphatic heterocycles. The van der Waals surface area contributed by atoms with Crippen LogP contribution in [0.25, 0.3) is 0 Å². The number of ether oxygens (including phenoxy) is 1. The van der Waals surface area contributed by atoms with Gasteiger partial charge in [0.15, 0.2) is 0 Å². The maximum Gasteiger partial charge on any atom is 0.325 e. The second-order valence-electron chi connectivity index (χ2n) is 6.98. The first-order valence-corrected chi connectivity index (χ1v) is 9.19. The Morgan fingerprint density at radius 1 is 1.17 bits per heavy atom. The zero-order valence-electron chi connectivity index (χ0n) is 16.6. The van der Waals surface area contributed by atoms with Gasteiger partial charge in [-0.05, 0) is 30.7 Å². The predicted molar refractivity (Wildman–Crippen MR) is 107 cm³/mol. The smallest absolute Gasteiger partial charge is 0.325 e. The van der Waals surface area contributed by atoms with Crippen LogP contribution in [0.15, 0.2) is 48.5 Å². The Hall–Kier alpha value is -3.88. The molecule has 3 rings (SSSR count). The lowest BCUT2D eigenvalue weighted by atomic mass is 9.90. The van der Waals surface area contributed by atoms with E-state index >= 15 is 0 Å². The van der Waals surface area contributed by atoms with Crippen LogP contribution in [-0.2, 0) is 21.7 Å². The van der Waals surface area contributed by atoms with Crippen LogP contribution in [-0.4, -0.2) is 42.3 Å². The third-order valence-corrected chi connectivity index (χ3v) is 4.97. The largest absolute Gasteiger partial charge is 0.496 e. The lowest BCUT2D eigenvalue weighted by Crippen LogP contribution is -2.43. The number of amides is 5. The third kappa shape index (κ3) is 3.95. The van der Waals surface area contributed by atoms with Crippen molar-refractivity contribution in [3.05, 3.63) is 65.2 Å². The van der Waals surface area contributed by atoms with Crippen molar-refractivity contribution in [1.82, 2.24) is 15.5 Å². The van der Waals surface area contributed by atoms with Gasteiger partial charge in [0.1, 0.15) is 17.8 Å². The molecule has 9 heteroatoms. The Bertz CT molecular complexity index is 1020. The average molecular weight is 410 g/mol. The molecule has 156 valence electrons. The number of hydrogen-bond donors (Lipinski definition) is 3. The Morgan fingerprint density at radius 3 is 2.60 bits per heavy atom. The third-order valence-electron chi connectivity index (χ3n) is 4.97. The van der Waals surface area contributed by atoms with E-state index in [1.165, 1.54) is 26.2 Å². The molecule has 0 radical (unpaired) electrons. The summed E-state index contributed by atoms with van der Waals surface area (Å²) in [6, 6.07) is 12.6. The number of para-hydroxylation sites is 1. The summed E-state index contributed by atoms with van der Waals surface area (Å²) in [7, 11) is 1.53. The van der Waals surface area contributed by atoms with Gasteiger partial charge in [-0.2, -0.15) is 0 Å². The van der Waals surface area contributed by atoms with Gasteiger partial charge in [-0.15, -0.1) is 0 Å². The van der Waals surface area contributed by atoms with Gasteiger partial charge in [0.2, 0.25) is 11.8 Å². The van der Waals surface area contributed by atoms with Crippen LogP contribution in [0.3, 0.4) is 0 Å². The fraction of sp³-hybridized carbons (Fsp3) is 0.238. The number of imide groups is 1. The number of urea groups is 1. The van der Waals surface area contributed by atoms with Gasteiger partial charge in [-0.25, -0.2) is 4.79 Å². The normalized spacial score (nSPS) is 18.1. The molecule has 0 aromatic heterocycles. The van der Waals surface area contributed by atoms with Gasteiger partial charge >= 0.3 is 6.03 Å². The molecule has 2 aromatic carbocycles. The summed E-state index contributed by atoms with van der Waals surface area (Å²) in [5, 5.41) is 5.27. The molecular formula is C21H22N4O5.